The molecule has 2 aliphatic rings. The Balaban J connectivity index is 0.00000176. The van der Waals surface area contributed by atoms with Crippen LogP contribution < -0.4 is 10.2 Å². The molecule has 1 amide bonds. The van der Waals surface area contributed by atoms with Crippen LogP contribution >= 0.6 is 12.4 Å². The van der Waals surface area contributed by atoms with Gasteiger partial charge in [-0.05, 0) is 51.4 Å². The molecule has 2 heterocycles. The van der Waals surface area contributed by atoms with Crippen LogP contribution in [0.5, 0.6) is 0 Å². The van der Waals surface area contributed by atoms with Gasteiger partial charge in [-0.2, -0.15) is 0 Å². The number of amides is 1. The Hall–Kier alpha value is -1.10. The molecule has 1 aromatic rings. The Morgan fingerprint density at radius 2 is 2.14 bits per heavy atom. The van der Waals surface area contributed by atoms with E-state index in [1.54, 1.807) is 0 Å². The predicted molar refractivity (Wildman–Crippen MR) is 92.9 cm³/mol. The van der Waals surface area contributed by atoms with Crippen LogP contribution in [-0.4, -0.2) is 49.6 Å². The van der Waals surface area contributed by atoms with Gasteiger partial charge in [0.05, 0.1) is 6.54 Å². The first-order valence-electron chi connectivity index (χ1n) is 7.99. The van der Waals surface area contributed by atoms with Crippen molar-refractivity contribution >= 4 is 24.0 Å². The molecule has 0 radical (unpaired) electrons. The summed E-state index contributed by atoms with van der Waals surface area (Å²) >= 11 is 0. The highest BCUT2D eigenvalue weighted by Gasteiger charge is 2.33. The molecular weight excluding hydrogens is 298 g/mol. The quantitative estimate of drug-likeness (QED) is 0.921. The van der Waals surface area contributed by atoms with Gasteiger partial charge >= 0.3 is 0 Å². The zero-order valence-corrected chi connectivity index (χ0v) is 14.2. The van der Waals surface area contributed by atoms with Crippen molar-refractivity contribution in [2.75, 3.05) is 31.6 Å². The fourth-order valence-electron chi connectivity index (χ4n) is 3.77. The molecule has 0 spiro atoms. The van der Waals surface area contributed by atoms with Crippen LogP contribution in [0.25, 0.3) is 0 Å². The first-order valence-corrected chi connectivity index (χ1v) is 7.99. The molecule has 0 aromatic heterocycles. The number of carbonyl (C=O) groups excluding carboxylic acids is 1. The lowest BCUT2D eigenvalue weighted by Crippen LogP contribution is -2.46. The zero-order chi connectivity index (χ0) is 14.8. The summed E-state index contributed by atoms with van der Waals surface area (Å²) in [7, 11) is 1.98. The largest absolute Gasteiger partial charge is 0.318 e. The van der Waals surface area contributed by atoms with E-state index in [0.29, 0.717) is 12.6 Å². The maximum atomic E-state index is 12.8. The van der Waals surface area contributed by atoms with Crippen LogP contribution in [0.4, 0.5) is 5.69 Å². The van der Waals surface area contributed by atoms with E-state index in [0.717, 1.165) is 25.2 Å². The molecule has 3 rings (SSSR count). The molecule has 2 aliphatic heterocycles. The number of anilines is 1. The Morgan fingerprint density at radius 1 is 1.36 bits per heavy atom. The topological polar surface area (TPSA) is 35.6 Å². The molecule has 1 aromatic carbocycles. The maximum Gasteiger partial charge on any atom is 0.241 e. The van der Waals surface area contributed by atoms with Gasteiger partial charge in [-0.1, -0.05) is 18.2 Å². The summed E-state index contributed by atoms with van der Waals surface area (Å²) < 4.78 is 0. The van der Waals surface area contributed by atoms with E-state index in [1.807, 2.05) is 18.0 Å². The van der Waals surface area contributed by atoms with E-state index in [1.165, 1.54) is 18.4 Å². The van der Waals surface area contributed by atoms with Gasteiger partial charge in [0, 0.05) is 24.3 Å². The number of fused-ring (bicyclic) bond motifs is 1. The van der Waals surface area contributed by atoms with E-state index >= 15 is 0 Å². The number of hydrogen-bond acceptors (Lipinski definition) is 3. The highest BCUT2D eigenvalue weighted by Crippen LogP contribution is 2.32. The molecule has 0 bridgehead atoms. The van der Waals surface area contributed by atoms with Gasteiger partial charge in [0.2, 0.25) is 5.91 Å². The number of nitrogens with zero attached hydrogens (tertiary/aromatic N) is 2. The third-order valence-electron chi connectivity index (χ3n) is 4.75. The van der Waals surface area contributed by atoms with Gasteiger partial charge in [0.1, 0.15) is 0 Å². The fourth-order valence-corrected chi connectivity index (χ4v) is 3.77. The Bertz CT molecular complexity index is 522. The molecule has 0 aliphatic carbocycles. The molecule has 2 unspecified atom stereocenters. The molecule has 1 saturated heterocycles. The van der Waals surface area contributed by atoms with Crippen molar-refractivity contribution in [2.45, 2.75) is 38.3 Å². The van der Waals surface area contributed by atoms with Crippen LogP contribution in [0.1, 0.15) is 25.3 Å². The molecule has 2 atom stereocenters. The van der Waals surface area contributed by atoms with Gasteiger partial charge in [0.15, 0.2) is 0 Å². The second-order valence-electron chi connectivity index (χ2n) is 6.27. The minimum atomic E-state index is 0. The number of para-hydroxylation sites is 1. The molecular formula is C17H26ClN3O. The van der Waals surface area contributed by atoms with Crippen LogP contribution in [0.15, 0.2) is 24.3 Å². The van der Waals surface area contributed by atoms with E-state index in [-0.39, 0.29) is 24.4 Å². The van der Waals surface area contributed by atoms with Gasteiger partial charge in [0.25, 0.3) is 0 Å². The number of nitrogens with one attached hydrogen (secondary N) is 1. The number of likely N-dealkylation sites (N-methyl/N-ethyl adjacent to an activating group) is 1. The van der Waals surface area contributed by atoms with Crippen molar-refractivity contribution in [2.24, 2.45) is 0 Å². The number of rotatable bonds is 4. The standard InChI is InChI=1S/C17H25N3O.ClH/c1-13-10-14-6-3-4-8-16(14)20(13)17(21)12-19-9-5-7-15(19)11-18-2;/h3-4,6,8,13,15,18H,5,7,9-12H2,1-2H3;1H. The Morgan fingerprint density at radius 3 is 2.91 bits per heavy atom. The van der Waals surface area contributed by atoms with Crippen LogP contribution in [0.3, 0.4) is 0 Å². The minimum Gasteiger partial charge on any atom is -0.318 e. The first-order chi connectivity index (χ1) is 10.2. The maximum absolute atomic E-state index is 12.8. The normalized spacial score (nSPS) is 24.2. The highest BCUT2D eigenvalue weighted by molar-refractivity contribution is 5.97. The average Bonchev–Trinajstić information content (AvgIpc) is 3.02. The lowest BCUT2D eigenvalue weighted by Gasteiger charge is -2.28. The van der Waals surface area contributed by atoms with E-state index < -0.39 is 0 Å². The zero-order valence-electron chi connectivity index (χ0n) is 13.4. The van der Waals surface area contributed by atoms with E-state index in [4.69, 9.17) is 0 Å². The third-order valence-corrected chi connectivity index (χ3v) is 4.75. The summed E-state index contributed by atoms with van der Waals surface area (Å²) in [6, 6.07) is 9.08. The summed E-state index contributed by atoms with van der Waals surface area (Å²) in [5.74, 6) is 0.246. The van der Waals surface area contributed by atoms with Crippen molar-refractivity contribution in [3.8, 4) is 0 Å². The lowest BCUT2D eigenvalue weighted by molar-refractivity contribution is -0.120. The second-order valence-corrected chi connectivity index (χ2v) is 6.27. The predicted octanol–water partition coefficient (Wildman–Crippen LogP) is 2.07. The average molecular weight is 324 g/mol. The monoisotopic (exact) mass is 323 g/mol. The number of hydrogen-bond donors (Lipinski definition) is 1. The smallest absolute Gasteiger partial charge is 0.241 e. The number of likely N-dealkylation sites (tertiary alicyclic amines) is 1. The fraction of sp³-hybridized carbons (Fsp3) is 0.588. The van der Waals surface area contributed by atoms with Gasteiger partial charge in [-0.3, -0.25) is 9.69 Å². The number of halogens is 1. The summed E-state index contributed by atoms with van der Waals surface area (Å²) in [5, 5.41) is 3.24. The van der Waals surface area contributed by atoms with Crippen LogP contribution in [-0.2, 0) is 11.2 Å². The van der Waals surface area contributed by atoms with Crippen molar-refractivity contribution < 1.29 is 4.79 Å². The summed E-state index contributed by atoms with van der Waals surface area (Å²) in [6.07, 6.45) is 3.37. The van der Waals surface area contributed by atoms with Crippen molar-refractivity contribution in [1.29, 1.82) is 0 Å². The number of benzene rings is 1. The minimum absolute atomic E-state index is 0. The number of carbonyl (C=O) groups is 1. The summed E-state index contributed by atoms with van der Waals surface area (Å²) in [5.41, 5.74) is 2.41. The molecule has 22 heavy (non-hydrogen) atoms. The summed E-state index contributed by atoms with van der Waals surface area (Å²) in [6.45, 7) is 4.71. The van der Waals surface area contributed by atoms with Crippen molar-refractivity contribution in [1.82, 2.24) is 10.2 Å². The van der Waals surface area contributed by atoms with Crippen molar-refractivity contribution in [3.05, 3.63) is 29.8 Å². The SMILES string of the molecule is CNCC1CCCN1CC(=O)N1c2ccccc2CC1C.Cl. The first kappa shape index (κ1) is 17.3. The Kier molecular flexibility index (Phi) is 5.84. The van der Waals surface area contributed by atoms with Gasteiger partial charge < -0.3 is 10.2 Å². The summed E-state index contributed by atoms with van der Waals surface area (Å²) in [4.78, 5) is 17.1. The third kappa shape index (κ3) is 3.29. The van der Waals surface area contributed by atoms with E-state index in [9.17, 15) is 4.79 Å². The van der Waals surface area contributed by atoms with Gasteiger partial charge in [-0.15, -0.1) is 12.4 Å². The van der Waals surface area contributed by atoms with Crippen LogP contribution in [0.2, 0.25) is 0 Å². The van der Waals surface area contributed by atoms with Gasteiger partial charge in [-0.25, -0.2) is 0 Å². The molecule has 1 N–H and O–H groups in total. The molecule has 0 saturated carbocycles. The Labute approximate surface area is 139 Å². The lowest BCUT2D eigenvalue weighted by atomic mass is 10.1. The van der Waals surface area contributed by atoms with Crippen molar-refractivity contribution in [3.63, 3.8) is 0 Å². The molecule has 1 fully saturated rings. The van der Waals surface area contributed by atoms with Crippen LogP contribution in [0, 0.1) is 0 Å². The molecule has 122 valence electrons. The molecule has 4 nitrogen and oxygen atoms in total. The van der Waals surface area contributed by atoms with E-state index in [2.05, 4.69) is 35.3 Å². The molecule has 5 heteroatoms. The highest BCUT2D eigenvalue weighted by atomic mass is 35.5. The second kappa shape index (κ2) is 7.44.